The highest BCUT2D eigenvalue weighted by atomic mass is 19.3. The van der Waals surface area contributed by atoms with E-state index in [0.717, 1.165) is 6.07 Å². The molecule has 0 amide bonds. The Bertz CT molecular complexity index is 387. The Balaban J connectivity index is 3.37. The third kappa shape index (κ3) is 1.83. The molecule has 0 spiro atoms. The number of nitriles is 1. The summed E-state index contributed by atoms with van der Waals surface area (Å²) in [6.45, 7) is -0.650. The highest BCUT2D eigenvalue weighted by Crippen LogP contribution is 2.24. The van der Waals surface area contributed by atoms with Crippen LogP contribution in [0.15, 0.2) is 6.07 Å². The molecular formula is C8H5F3N2O. The van der Waals surface area contributed by atoms with E-state index in [4.69, 9.17) is 10.4 Å². The predicted octanol–water partition coefficient (Wildman–Crippen LogP) is 1.52. The van der Waals surface area contributed by atoms with Crippen molar-refractivity contribution in [3.63, 3.8) is 0 Å². The van der Waals surface area contributed by atoms with Crippen molar-refractivity contribution in [3.05, 3.63) is 28.8 Å². The molecule has 3 nitrogen and oxygen atoms in total. The van der Waals surface area contributed by atoms with E-state index in [1.54, 1.807) is 0 Å². The van der Waals surface area contributed by atoms with Gasteiger partial charge >= 0.3 is 0 Å². The molecular weight excluding hydrogens is 197 g/mol. The Labute approximate surface area is 77.4 Å². The molecule has 1 rings (SSSR count). The molecule has 0 aliphatic rings. The summed E-state index contributed by atoms with van der Waals surface area (Å²) in [5.41, 5.74) is -1.75. The van der Waals surface area contributed by atoms with E-state index in [2.05, 4.69) is 4.98 Å². The molecule has 0 saturated carbocycles. The first-order valence-electron chi connectivity index (χ1n) is 3.58. The molecule has 1 aromatic heterocycles. The van der Waals surface area contributed by atoms with Crippen molar-refractivity contribution in [1.29, 1.82) is 5.26 Å². The molecule has 74 valence electrons. The van der Waals surface area contributed by atoms with E-state index in [0.29, 0.717) is 0 Å². The first kappa shape index (κ1) is 10.5. The van der Waals surface area contributed by atoms with Crippen LogP contribution in [0.25, 0.3) is 0 Å². The van der Waals surface area contributed by atoms with E-state index >= 15 is 0 Å². The van der Waals surface area contributed by atoms with Crippen LogP contribution in [-0.4, -0.2) is 10.1 Å². The van der Waals surface area contributed by atoms with Crippen molar-refractivity contribution in [1.82, 2.24) is 4.98 Å². The van der Waals surface area contributed by atoms with Gasteiger partial charge in [-0.3, -0.25) is 0 Å². The second-order valence-electron chi connectivity index (χ2n) is 2.44. The fourth-order valence-corrected chi connectivity index (χ4v) is 0.949. The fourth-order valence-electron chi connectivity index (χ4n) is 0.949. The first-order valence-corrected chi connectivity index (χ1v) is 3.58. The Morgan fingerprint density at radius 2 is 2.21 bits per heavy atom. The molecule has 0 aliphatic carbocycles. The highest BCUT2D eigenvalue weighted by molar-refractivity contribution is 5.38. The smallest absolute Gasteiger partial charge is 0.265 e. The lowest BCUT2D eigenvalue weighted by atomic mass is 10.1. The largest absolute Gasteiger partial charge is 0.390 e. The third-order valence-electron chi connectivity index (χ3n) is 1.57. The van der Waals surface area contributed by atoms with Gasteiger partial charge in [0.25, 0.3) is 6.43 Å². The molecule has 0 radical (unpaired) electrons. The van der Waals surface area contributed by atoms with Gasteiger partial charge in [-0.2, -0.15) is 9.65 Å². The molecule has 1 aromatic rings. The van der Waals surface area contributed by atoms with Gasteiger partial charge in [-0.15, -0.1) is 0 Å². The Hall–Kier alpha value is -1.61. The van der Waals surface area contributed by atoms with Crippen molar-refractivity contribution in [2.75, 3.05) is 0 Å². The van der Waals surface area contributed by atoms with Crippen molar-refractivity contribution >= 4 is 0 Å². The number of aromatic nitrogens is 1. The van der Waals surface area contributed by atoms with Gasteiger partial charge in [0, 0.05) is 5.56 Å². The van der Waals surface area contributed by atoms with Crippen LogP contribution in [0.1, 0.15) is 23.2 Å². The lowest BCUT2D eigenvalue weighted by Gasteiger charge is -2.04. The van der Waals surface area contributed by atoms with Crippen molar-refractivity contribution in [2.24, 2.45) is 0 Å². The van der Waals surface area contributed by atoms with Gasteiger partial charge in [0.05, 0.1) is 12.3 Å². The van der Waals surface area contributed by atoms with Gasteiger partial charge in [0.15, 0.2) is 0 Å². The van der Waals surface area contributed by atoms with Gasteiger partial charge < -0.3 is 5.11 Å². The standard InChI is InChI=1S/C8H5F3N2O/c9-7(10)5-1-4(3-14)13-8(11)6(5)2-12/h1,7,14H,3H2. The number of pyridine rings is 1. The van der Waals surface area contributed by atoms with Gasteiger partial charge in [0.2, 0.25) is 5.95 Å². The average molecular weight is 202 g/mol. The van der Waals surface area contributed by atoms with E-state index in [-0.39, 0.29) is 5.69 Å². The summed E-state index contributed by atoms with van der Waals surface area (Å²) in [5.74, 6) is -1.28. The molecule has 6 heteroatoms. The van der Waals surface area contributed by atoms with Crippen molar-refractivity contribution in [2.45, 2.75) is 13.0 Å². The van der Waals surface area contributed by atoms with Crippen LogP contribution in [0.4, 0.5) is 13.2 Å². The molecule has 0 bridgehead atoms. The summed E-state index contributed by atoms with van der Waals surface area (Å²) in [5, 5.41) is 17.0. The second-order valence-corrected chi connectivity index (χ2v) is 2.44. The number of hydrogen-bond donors (Lipinski definition) is 1. The van der Waals surface area contributed by atoms with Gasteiger partial charge in [-0.25, -0.2) is 13.8 Å². The van der Waals surface area contributed by atoms with Crippen LogP contribution in [0.2, 0.25) is 0 Å². The predicted molar refractivity (Wildman–Crippen MR) is 39.8 cm³/mol. The lowest BCUT2D eigenvalue weighted by molar-refractivity contribution is 0.149. The molecule has 0 unspecified atom stereocenters. The maximum atomic E-state index is 12.9. The van der Waals surface area contributed by atoms with E-state index in [1.807, 2.05) is 0 Å². The summed E-state index contributed by atoms with van der Waals surface area (Å²) >= 11 is 0. The van der Waals surface area contributed by atoms with E-state index in [9.17, 15) is 13.2 Å². The van der Waals surface area contributed by atoms with Crippen LogP contribution in [0, 0.1) is 17.3 Å². The van der Waals surface area contributed by atoms with Gasteiger partial charge in [0.1, 0.15) is 11.6 Å². The number of alkyl halides is 2. The Kier molecular flexibility index (Phi) is 3.04. The molecule has 0 fully saturated rings. The van der Waals surface area contributed by atoms with E-state index in [1.165, 1.54) is 6.07 Å². The maximum Gasteiger partial charge on any atom is 0.265 e. The molecule has 0 aromatic carbocycles. The summed E-state index contributed by atoms with van der Waals surface area (Å²) in [7, 11) is 0. The summed E-state index contributed by atoms with van der Waals surface area (Å²) in [6.07, 6.45) is -2.97. The van der Waals surface area contributed by atoms with Gasteiger partial charge in [-0.1, -0.05) is 0 Å². The first-order chi connectivity index (χ1) is 6.60. The third-order valence-corrected chi connectivity index (χ3v) is 1.57. The second kappa shape index (κ2) is 4.07. The number of aliphatic hydroxyl groups excluding tert-OH is 1. The zero-order valence-corrected chi connectivity index (χ0v) is 6.84. The van der Waals surface area contributed by atoms with Crippen LogP contribution < -0.4 is 0 Å². The SMILES string of the molecule is N#Cc1c(C(F)F)cc(CO)nc1F. The van der Waals surface area contributed by atoms with Crippen molar-refractivity contribution in [3.8, 4) is 6.07 Å². The molecule has 1 N–H and O–H groups in total. The fraction of sp³-hybridized carbons (Fsp3) is 0.250. The Morgan fingerprint density at radius 1 is 1.57 bits per heavy atom. The number of nitrogens with zero attached hydrogens (tertiary/aromatic N) is 2. The topological polar surface area (TPSA) is 56.9 Å². The molecule has 1 heterocycles. The molecule has 0 atom stereocenters. The zero-order chi connectivity index (χ0) is 10.7. The van der Waals surface area contributed by atoms with Crippen LogP contribution in [-0.2, 0) is 6.61 Å². The number of halogens is 3. The highest BCUT2D eigenvalue weighted by Gasteiger charge is 2.18. The minimum absolute atomic E-state index is 0.225. The number of aliphatic hydroxyl groups is 1. The molecule has 14 heavy (non-hydrogen) atoms. The Morgan fingerprint density at radius 3 is 2.64 bits per heavy atom. The normalized spacial score (nSPS) is 10.3. The quantitative estimate of drug-likeness (QED) is 0.739. The summed E-state index contributed by atoms with van der Waals surface area (Å²) in [6, 6.07) is 2.11. The molecule has 0 saturated heterocycles. The summed E-state index contributed by atoms with van der Waals surface area (Å²) in [4.78, 5) is 3.13. The monoisotopic (exact) mass is 202 g/mol. The maximum absolute atomic E-state index is 12.9. The van der Waals surface area contributed by atoms with Crippen molar-refractivity contribution < 1.29 is 18.3 Å². The molecule has 0 aliphatic heterocycles. The minimum Gasteiger partial charge on any atom is -0.390 e. The number of hydrogen-bond acceptors (Lipinski definition) is 3. The average Bonchev–Trinajstić information content (AvgIpc) is 2.16. The van der Waals surface area contributed by atoms with E-state index < -0.39 is 30.1 Å². The lowest BCUT2D eigenvalue weighted by Crippen LogP contribution is -2.02. The van der Waals surface area contributed by atoms with Crippen LogP contribution in [0.5, 0.6) is 0 Å². The number of rotatable bonds is 2. The summed E-state index contributed by atoms with van der Waals surface area (Å²) < 4.78 is 37.4. The zero-order valence-electron chi connectivity index (χ0n) is 6.84. The van der Waals surface area contributed by atoms with Crippen LogP contribution in [0.3, 0.4) is 0 Å². The van der Waals surface area contributed by atoms with Gasteiger partial charge in [-0.05, 0) is 6.07 Å². The van der Waals surface area contributed by atoms with Crippen LogP contribution >= 0.6 is 0 Å². The minimum atomic E-state index is -2.97.